The Morgan fingerprint density at radius 3 is 2.07 bits per heavy atom. The van der Waals surface area contributed by atoms with Gasteiger partial charge >= 0.3 is 5.95 Å². The third-order valence-corrected chi connectivity index (χ3v) is 12.4. The molecule has 0 atom stereocenters. The number of benzene rings is 2. The zero-order chi connectivity index (χ0) is 29.7. The van der Waals surface area contributed by atoms with E-state index in [-0.39, 0.29) is 37.5 Å². The van der Waals surface area contributed by atoms with Crippen molar-refractivity contribution in [2.75, 3.05) is 33.7 Å². The second-order valence-corrected chi connectivity index (χ2v) is 16.4. The van der Waals surface area contributed by atoms with Crippen LogP contribution in [-0.4, -0.2) is 62.3 Å². The number of hydrogen-bond donors (Lipinski definition) is 0. The van der Waals surface area contributed by atoms with Crippen LogP contribution in [0.3, 0.4) is 0 Å². The Kier molecular flexibility index (Phi) is 9.47. The maximum absolute atomic E-state index is 12.0. The van der Waals surface area contributed by atoms with E-state index in [1.165, 1.54) is 7.11 Å². The molecular formula is C30H41N3O7Si. The second kappa shape index (κ2) is 12.5. The van der Waals surface area contributed by atoms with E-state index in [1.807, 2.05) is 50.2 Å². The molecule has 2 heterocycles. The molecule has 0 radical (unpaired) electrons. The lowest BCUT2D eigenvalue weighted by atomic mass is 9.89. The zero-order valence-corrected chi connectivity index (χ0v) is 25.8. The number of rotatable bonds is 12. The molecule has 222 valence electrons. The second-order valence-electron chi connectivity index (χ2n) is 12.1. The quantitative estimate of drug-likeness (QED) is 0.102. The monoisotopic (exact) mass is 583 g/mol. The van der Waals surface area contributed by atoms with Crippen molar-refractivity contribution < 1.29 is 28.3 Å². The van der Waals surface area contributed by atoms with Crippen LogP contribution in [-0.2, 0) is 36.5 Å². The number of hydrogen-bond acceptors (Lipinski definition) is 8. The SMILES string of the molecule is COCOCc1cn(CC2(CO[Si](c3ccccc3)(c3ccccc3)C(C)(C)C)COC(C)(C)OC2)c([N+](=O)[O-])n1. The van der Waals surface area contributed by atoms with Crippen molar-refractivity contribution in [3.05, 3.63) is 82.7 Å². The molecule has 41 heavy (non-hydrogen) atoms. The van der Waals surface area contributed by atoms with Gasteiger partial charge in [0.25, 0.3) is 8.32 Å². The van der Waals surface area contributed by atoms with Crippen LogP contribution in [0.1, 0.15) is 40.3 Å². The molecule has 0 saturated carbocycles. The van der Waals surface area contributed by atoms with Crippen LogP contribution in [0.15, 0.2) is 66.9 Å². The number of ether oxygens (including phenoxy) is 4. The highest BCUT2D eigenvalue weighted by Crippen LogP contribution is 2.40. The van der Waals surface area contributed by atoms with Gasteiger partial charge in [-0.15, -0.1) is 0 Å². The number of imidazole rings is 1. The van der Waals surface area contributed by atoms with Gasteiger partial charge in [-0.1, -0.05) is 86.4 Å². The van der Waals surface area contributed by atoms with E-state index in [4.69, 9.17) is 23.4 Å². The molecule has 1 aliphatic heterocycles. The summed E-state index contributed by atoms with van der Waals surface area (Å²) in [6.07, 6.45) is 1.65. The lowest BCUT2D eigenvalue weighted by Crippen LogP contribution is -2.68. The van der Waals surface area contributed by atoms with Crippen LogP contribution in [0, 0.1) is 15.5 Å². The van der Waals surface area contributed by atoms with Crippen molar-refractivity contribution in [2.45, 2.75) is 58.6 Å². The van der Waals surface area contributed by atoms with Gasteiger partial charge in [-0.25, -0.2) is 4.57 Å². The highest BCUT2D eigenvalue weighted by Gasteiger charge is 2.53. The Bertz CT molecular complexity index is 1240. The molecule has 0 amide bonds. The summed E-state index contributed by atoms with van der Waals surface area (Å²) in [5.74, 6) is -1.04. The van der Waals surface area contributed by atoms with Gasteiger partial charge in [0, 0.05) is 13.7 Å². The minimum atomic E-state index is -2.89. The van der Waals surface area contributed by atoms with Gasteiger partial charge < -0.3 is 33.5 Å². The first-order chi connectivity index (χ1) is 19.4. The minimum Gasteiger partial charge on any atom is -0.407 e. The van der Waals surface area contributed by atoms with E-state index in [9.17, 15) is 10.1 Å². The van der Waals surface area contributed by atoms with Crippen molar-refractivity contribution >= 4 is 24.6 Å². The van der Waals surface area contributed by atoms with Crippen LogP contribution < -0.4 is 10.4 Å². The van der Waals surface area contributed by atoms with Gasteiger partial charge in [-0.3, -0.25) is 0 Å². The van der Waals surface area contributed by atoms with Gasteiger partial charge in [-0.05, 0) is 34.2 Å². The van der Waals surface area contributed by atoms with Gasteiger partial charge in [0.05, 0.1) is 25.2 Å². The summed E-state index contributed by atoms with van der Waals surface area (Å²) in [7, 11) is -1.37. The number of nitrogens with zero attached hydrogens (tertiary/aromatic N) is 3. The summed E-state index contributed by atoms with van der Waals surface area (Å²) in [6.45, 7) is 11.6. The van der Waals surface area contributed by atoms with Crippen molar-refractivity contribution in [1.82, 2.24) is 9.55 Å². The standard InChI is InChI=1S/C30H41N3O7Si/c1-28(2,3)41(25-13-9-7-10-14-25,26-15-11-8-12-16-26)40-22-30(20-38-29(4,5)39-21-30)19-32-17-24(18-37-23-36-6)31-27(32)33(34)35/h7-17H,18-23H2,1-6H3. The molecule has 1 saturated heterocycles. The first-order valence-electron chi connectivity index (χ1n) is 13.7. The van der Waals surface area contributed by atoms with Crippen molar-refractivity contribution in [3.63, 3.8) is 0 Å². The van der Waals surface area contributed by atoms with Crippen molar-refractivity contribution in [3.8, 4) is 0 Å². The summed E-state index contributed by atoms with van der Waals surface area (Å²) in [5, 5.41) is 14.1. The van der Waals surface area contributed by atoms with Gasteiger partial charge in [-0.2, -0.15) is 0 Å². The maximum Gasteiger partial charge on any atom is 0.434 e. The van der Waals surface area contributed by atoms with Crippen molar-refractivity contribution in [1.29, 1.82) is 0 Å². The minimum absolute atomic E-state index is 0.0632. The molecule has 10 nitrogen and oxygen atoms in total. The van der Waals surface area contributed by atoms with E-state index in [2.05, 4.69) is 50.0 Å². The summed E-state index contributed by atoms with van der Waals surface area (Å²) in [6, 6.07) is 20.8. The van der Waals surface area contributed by atoms with Crippen LogP contribution in [0.25, 0.3) is 0 Å². The maximum atomic E-state index is 12.0. The predicted molar refractivity (Wildman–Crippen MR) is 158 cm³/mol. The summed E-state index contributed by atoms with van der Waals surface area (Å²) >= 11 is 0. The molecular weight excluding hydrogens is 542 g/mol. The fraction of sp³-hybridized carbons (Fsp3) is 0.500. The van der Waals surface area contributed by atoms with Gasteiger partial charge in [0.15, 0.2) is 11.5 Å². The first kappa shape index (κ1) is 31.0. The molecule has 0 spiro atoms. The van der Waals surface area contributed by atoms with Crippen LogP contribution >= 0.6 is 0 Å². The Labute approximate surface area is 242 Å². The van der Waals surface area contributed by atoms with Crippen LogP contribution in [0.2, 0.25) is 5.04 Å². The van der Waals surface area contributed by atoms with E-state index >= 15 is 0 Å². The number of methoxy groups -OCH3 is 1. The molecule has 1 aromatic heterocycles. The number of nitro groups is 1. The van der Waals surface area contributed by atoms with Gasteiger partial charge in [0.2, 0.25) is 0 Å². The van der Waals surface area contributed by atoms with E-state index in [1.54, 1.807) is 10.8 Å². The zero-order valence-electron chi connectivity index (χ0n) is 24.8. The molecule has 0 aliphatic carbocycles. The summed E-state index contributed by atoms with van der Waals surface area (Å²) in [5.41, 5.74) is -0.284. The topological polar surface area (TPSA) is 107 Å². The Morgan fingerprint density at radius 2 is 1.59 bits per heavy atom. The average Bonchev–Trinajstić information content (AvgIpc) is 3.34. The van der Waals surface area contributed by atoms with Gasteiger partial charge in [0.1, 0.15) is 19.6 Å². The third kappa shape index (κ3) is 6.94. The predicted octanol–water partition coefficient (Wildman–Crippen LogP) is 4.26. The molecule has 2 aromatic carbocycles. The number of aromatic nitrogens is 2. The highest BCUT2D eigenvalue weighted by atomic mass is 28.4. The Balaban J connectivity index is 1.75. The highest BCUT2D eigenvalue weighted by molar-refractivity contribution is 6.99. The van der Waals surface area contributed by atoms with E-state index in [0.29, 0.717) is 18.9 Å². The van der Waals surface area contributed by atoms with E-state index in [0.717, 1.165) is 10.4 Å². The lowest BCUT2D eigenvalue weighted by molar-refractivity contribution is -0.397. The van der Waals surface area contributed by atoms with E-state index < -0.39 is 24.4 Å². The summed E-state index contributed by atoms with van der Waals surface area (Å²) < 4.78 is 31.5. The molecule has 3 aromatic rings. The molecule has 11 heteroatoms. The fourth-order valence-corrected chi connectivity index (χ4v) is 10.0. The first-order valence-corrected chi connectivity index (χ1v) is 15.6. The largest absolute Gasteiger partial charge is 0.434 e. The third-order valence-electron chi connectivity index (χ3n) is 7.39. The fourth-order valence-electron chi connectivity index (χ4n) is 5.36. The molecule has 1 aliphatic rings. The molecule has 0 unspecified atom stereocenters. The Morgan fingerprint density at radius 1 is 1.02 bits per heavy atom. The van der Waals surface area contributed by atoms with Crippen LogP contribution in [0.5, 0.6) is 0 Å². The average molecular weight is 584 g/mol. The molecule has 0 N–H and O–H groups in total. The normalized spacial score (nSPS) is 16.9. The molecule has 1 fully saturated rings. The summed E-state index contributed by atoms with van der Waals surface area (Å²) in [4.78, 5) is 15.7. The lowest BCUT2D eigenvalue weighted by Gasteiger charge is -2.47. The smallest absolute Gasteiger partial charge is 0.407 e. The molecule has 4 rings (SSSR count). The van der Waals surface area contributed by atoms with Crippen LogP contribution in [0.4, 0.5) is 5.95 Å². The van der Waals surface area contributed by atoms with Crippen molar-refractivity contribution in [2.24, 2.45) is 5.41 Å². The molecule has 0 bridgehead atoms. The Hall–Kier alpha value is -2.93.